The number of benzene rings is 3. The van der Waals surface area contributed by atoms with Gasteiger partial charge in [0, 0.05) is 12.1 Å². The van der Waals surface area contributed by atoms with Crippen LogP contribution in [0.1, 0.15) is 16.7 Å². The fourth-order valence-corrected chi connectivity index (χ4v) is 3.30. The van der Waals surface area contributed by atoms with Gasteiger partial charge in [0.15, 0.2) is 0 Å². The van der Waals surface area contributed by atoms with Crippen molar-refractivity contribution in [3.8, 4) is 11.4 Å². The van der Waals surface area contributed by atoms with Crippen molar-refractivity contribution in [3.63, 3.8) is 0 Å². The topological polar surface area (TPSA) is 17.8 Å². The third kappa shape index (κ3) is 2.61. The fourth-order valence-electron chi connectivity index (χ4n) is 3.30. The third-order valence-corrected chi connectivity index (χ3v) is 4.40. The summed E-state index contributed by atoms with van der Waals surface area (Å²) in [6, 6.07) is 25.5. The molecule has 0 fully saturated rings. The molecule has 2 nitrogen and oxygen atoms in total. The first-order chi connectivity index (χ1) is 11.7. The van der Waals surface area contributed by atoms with E-state index in [9.17, 15) is 0 Å². The Kier molecular flexibility index (Phi) is 3.66. The maximum absolute atomic E-state index is 4.98. The third-order valence-electron chi connectivity index (χ3n) is 4.40. The zero-order valence-electron chi connectivity index (χ0n) is 14.0. The van der Waals surface area contributed by atoms with Crippen LogP contribution in [0.15, 0.2) is 72.8 Å². The molecular formula is C22H20N2. The largest absolute Gasteiger partial charge is 0.319 e. The van der Waals surface area contributed by atoms with Crippen LogP contribution in [0.5, 0.6) is 0 Å². The summed E-state index contributed by atoms with van der Waals surface area (Å²) in [5.41, 5.74) is 7.24. The Balaban J connectivity index is 1.97. The second-order valence-electron chi connectivity index (χ2n) is 6.32. The molecule has 0 saturated carbocycles. The molecule has 0 saturated heterocycles. The number of aryl methyl sites for hydroxylation is 2. The van der Waals surface area contributed by atoms with E-state index in [4.69, 9.17) is 4.98 Å². The SMILES string of the molecule is Cc1cc(C)c2nc(-c3ccccc3)n(Cc3ccccc3)c2c1. The predicted octanol–water partition coefficient (Wildman–Crippen LogP) is 5.37. The summed E-state index contributed by atoms with van der Waals surface area (Å²) in [6.07, 6.45) is 0. The molecule has 3 aromatic carbocycles. The van der Waals surface area contributed by atoms with Crippen molar-refractivity contribution in [1.29, 1.82) is 0 Å². The van der Waals surface area contributed by atoms with E-state index >= 15 is 0 Å². The molecular weight excluding hydrogens is 292 g/mol. The number of rotatable bonds is 3. The molecule has 0 amide bonds. The van der Waals surface area contributed by atoms with Gasteiger partial charge in [0.2, 0.25) is 0 Å². The molecule has 1 heterocycles. The van der Waals surface area contributed by atoms with Gasteiger partial charge in [-0.3, -0.25) is 0 Å². The van der Waals surface area contributed by atoms with Crippen LogP contribution in [0, 0.1) is 13.8 Å². The van der Waals surface area contributed by atoms with Gasteiger partial charge in [-0.25, -0.2) is 4.98 Å². The highest BCUT2D eigenvalue weighted by Gasteiger charge is 2.14. The standard InChI is InChI=1S/C22H20N2/c1-16-13-17(2)21-20(14-16)24(15-18-9-5-3-6-10-18)22(23-21)19-11-7-4-8-12-19/h3-14H,15H2,1-2H3. The summed E-state index contributed by atoms with van der Waals surface area (Å²) in [4.78, 5) is 4.98. The summed E-state index contributed by atoms with van der Waals surface area (Å²) in [7, 11) is 0. The van der Waals surface area contributed by atoms with Crippen molar-refractivity contribution in [3.05, 3.63) is 89.5 Å². The quantitative estimate of drug-likeness (QED) is 0.497. The smallest absolute Gasteiger partial charge is 0.141 e. The molecule has 0 atom stereocenters. The van der Waals surface area contributed by atoms with Crippen molar-refractivity contribution >= 4 is 11.0 Å². The molecule has 4 aromatic rings. The summed E-state index contributed by atoms with van der Waals surface area (Å²) < 4.78 is 2.33. The van der Waals surface area contributed by atoms with E-state index in [-0.39, 0.29) is 0 Å². The van der Waals surface area contributed by atoms with Crippen LogP contribution in [-0.2, 0) is 6.54 Å². The average molecular weight is 312 g/mol. The van der Waals surface area contributed by atoms with E-state index in [1.54, 1.807) is 0 Å². The van der Waals surface area contributed by atoms with Crippen molar-refractivity contribution in [2.75, 3.05) is 0 Å². The van der Waals surface area contributed by atoms with Crippen molar-refractivity contribution in [1.82, 2.24) is 9.55 Å². The van der Waals surface area contributed by atoms with Gasteiger partial charge < -0.3 is 4.57 Å². The van der Waals surface area contributed by atoms with Gasteiger partial charge in [0.05, 0.1) is 11.0 Å². The minimum Gasteiger partial charge on any atom is -0.319 e. The highest BCUT2D eigenvalue weighted by atomic mass is 15.1. The van der Waals surface area contributed by atoms with Crippen molar-refractivity contribution in [2.24, 2.45) is 0 Å². The molecule has 0 spiro atoms. The maximum Gasteiger partial charge on any atom is 0.141 e. The lowest BCUT2D eigenvalue weighted by Gasteiger charge is -2.10. The molecule has 0 aliphatic carbocycles. The molecule has 118 valence electrons. The second-order valence-corrected chi connectivity index (χ2v) is 6.32. The molecule has 4 rings (SSSR count). The number of fused-ring (bicyclic) bond motifs is 1. The highest BCUT2D eigenvalue weighted by molar-refractivity contribution is 5.84. The lowest BCUT2D eigenvalue weighted by molar-refractivity contribution is 0.834. The van der Waals surface area contributed by atoms with Gasteiger partial charge in [-0.1, -0.05) is 66.7 Å². The molecule has 1 aromatic heterocycles. The molecule has 0 aliphatic rings. The lowest BCUT2D eigenvalue weighted by Crippen LogP contribution is -2.02. The fraction of sp³-hybridized carbons (Fsp3) is 0.136. The number of hydrogen-bond acceptors (Lipinski definition) is 1. The number of imidazole rings is 1. The van der Waals surface area contributed by atoms with E-state index in [1.165, 1.54) is 22.2 Å². The number of hydrogen-bond donors (Lipinski definition) is 0. The van der Waals surface area contributed by atoms with Crippen LogP contribution in [0.2, 0.25) is 0 Å². The highest BCUT2D eigenvalue weighted by Crippen LogP contribution is 2.28. The first kappa shape index (κ1) is 14.7. The van der Waals surface area contributed by atoms with E-state index in [2.05, 4.69) is 85.1 Å². The molecule has 0 aliphatic heterocycles. The monoisotopic (exact) mass is 312 g/mol. The Hall–Kier alpha value is -2.87. The van der Waals surface area contributed by atoms with E-state index in [0.29, 0.717) is 0 Å². The Bertz CT molecular complexity index is 983. The predicted molar refractivity (Wildman–Crippen MR) is 100 cm³/mol. The Morgan fingerprint density at radius 1 is 0.833 bits per heavy atom. The van der Waals surface area contributed by atoms with Crippen molar-refractivity contribution < 1.29 is 0 Å². The van der Waals surface area contributed by atoms with Crippen LogP contribution in [0.4, 0.5) is 0 Å². The zero-order valence-corrected chi connectivity index (χ0v) is 14.0. The van der Waals surface area contributed by atoms with E-state index in [1.807, 2.05) is 6.07 Å². The first-order valence-corrected chi connectivity index (χ1v) is 8.29. The second kappa shape index (κ2) is 5.97. The van der Waals surface area contributed by atoms with Gasteiger partial charge in [0.1, 0.15) is 5.82 Å². The van der Waals surface area contributed by atoms with Gasteiger partial charge in [-0.05, 0) is 36.6 Å². The molecule has 2 heteroatoms. The molecule has 0 bridgehead atoms. The lowest BCUT2D eigenvalue weighted by atomic mass is 10.1. The number of aromatic nitrogens is 2. The van der Waals surface area contributed by atoms with Gasteiger partial charge >= 0.3 is 0 Å². The average Bonchev–Trinajstić information content (AvgIpc) is 2.95. The minimum atomic E-state index is 0.824. The molecule has 24 heavy (non-hydrogen) atoms. The van der Waals surface area contributed by atoms with Crippen LogP contribution in [0.25, 0.3) is 22.4 Å². The molecule has 0 radical (unpaired) electrons. The first-order valence-electron chi connectivity index (χ1n) is 8.29. The van der Waals surface area contributed by atoms with Crippen LogP contribution >= 0.6 is 0 Å². The zero-order chi connectivity index (χ0) is 16.5. The van der Waals surface area contributed by atoms with Crippen LogP contribution in [0.3, 0.4) is 0 Å². The summed E-state index contributed by atoms with van der Waals surface area (Å²) >= 11 is 0. The summed E-state index contributed by atoms with van der Waals surface area (Å²) in [6.45, 7) is 5.11. The van der Waals surface area contributed by atoms with Crippen LogP contribution in [-0.4, -0.2) is 9.55 Å². The van der Waals surface area contributed by atoms with Crippen LogP contribution < -0.4 is 0 Å². The normalized spacial score (nSPS) is 11.1. The van der Waals surface area contributed by atoms with E-state index in [0.717, 1.165) is 23.4 Å². The summed E-state index contributed by atoms with van der Waals surface area (Å²) in [5, 5.41) is 0. The maximum atomic E-state index is 4.98. The minimum absolute atomic E-state index is 0.824. The van der Waals surface area contributed by atoms with Crippen molar-refractivity contribution in [2.45, 2.75) is 20.4 Å². The number of nitrogens with zero attached hydrogens (tertiary/aromatic N) is 2. The Labute approximate surface area is 142 Å². The Morgan fingerprint density at radius 3 is 2.21 bits per heavy atom. The van der Waals surface area contributed by atoms with E-state index < -0.39 is 0 Å². The Morgan fingerprint density at radius 2 is 1.50 bits per heavy atom. The molecule has 0 N–H and O–H groups in total. The summed E-state index contributed by atoms with van der Waals surface area (Å²) in [5.74, 6) is 1.03. The van der Waals surface area contributed by atoms with Gasteiger partial charge in [-0.15, -0.1) is 0 Å². The van der Waals surface area contributed by atoms with Gasteiger partial charge in [-0.2, -0.15) is 0 Å². The molecule has 0 unspecified atom stereocenters. The van der Waals surface area contributed by atoms with Gasteiger partial charge in [0.25, 0.3) is 0 Å².